The van der Waals surface area contributed by atoms with Crippen molar-refractivity contribution in [1.82, 2.24) is 9.88 Å². The number of rotatable bonds is 2. The Labute approximate surface area is 111 Å². The molecule has 4 heteroatoms. The molecule has 0 aliphatic rings. The number of amides is 1. The second-order valence-corrected chi connectivity index (χ2v) is 6.12. The topological polar surface area (TPSA) is 33.2 Å². The second-order valence-electron chi connectivity index (χ2n) is 5.30. The van der Waals surface area contributed by atoms with Crippen LogP contribution in [0.5, 0.6) is 0 Å². The standard InChI is InChI=1S/C13H19BrN2O/c1-9(13(2,3)4)16(5)12(17)10-7-6-8-11(14)15-10/h6-9H,1-5H3. The Bertz CT molecular complexity index is 412. The largest absolute Gasteiger partial charge is 0.337 e. The minimum atomic E-state index is -0.0475. The zero-order valence-electron chi connectivity index (χ0n) is 11.0. The normalized spacial score (nSPS) is 13.3. The van der Waals surface area contributed by atoms with Crippen molar-refractivity contribution in [2.45, 2.75) is 33.7 Å². The number of halogens is 1. The van der Waals surface area contributed by atoms with Gasteiger partial charge in [-0.2, -0.15) is 0 Å². The van der Waals surface area contributed by atoms with Crippen molar-refractivity contribution in [3.63, 3.8) is 0 Å². The van der Waals surface area contributed by atoms with E-state index >= 15 is 0 Å². The van der Waals surface area contributed by atoms with Crippen molar-refractivity contribution in [1.29, 1.82) is 0 Å². The predicted molar refractivity (Wildman–Crippen MR) is 72.9 cm³/mol. The number of carbonyl (C=O) groups is 1. The Balaban J connectivity index is 2.91. The number of pyridine rings is 1. The maximum absolute atomic E-state index is 12.2. The van der Waals surface area contributed by atoms with E-state index in [0.29, 0.717) is 10.3 Å². The first-order valence-corrected chi connectivity index (χ1v) is 6.42. The van der Waals surface area contributed by atoms with E-state index in [9.17, 15) is 4.79 Å². The molecule has 0 fully saturated rings. The Morgan fingerprint density at radius 3 is 2.47 bits per heavy atom. The van der Waals surface area contributed by atoms with Gasteiger partial charge >= 0.3 is 0 Å². The second kappa shape index (κ2) is 5.17. The van der Waals surface area contributed by atoms with Crippen LogP contribution in [0, 0.1) is 5.41 Å². The monoisotopic (exact) mass is 298 g/mol. The van der Waals surface area contributed by atoms with Crippen molar-refractivity contribution < 1.29 is 4.79 Å². The molecular weight excluding hydrogens is 280 g/mol. The molecule has 1 aromatic rings. The summed E-state index contributed by atoms with van der Waals surface area (Å²) < 4.78 is 0.681. The fraction of sp³-hybridized carbons (Fsp3) is 0.538. The summed E-state index contributed by atoms with van der Waals surface area (Å²) in [5.41, 5.74) is 0.522. The molecule has 3 nitrogen and oxygen atoms in total. The summed E-state index contributed by atoms with van der Waals surface area (Å²) in [5, 5.41) is 0. The van der Waals surface area contributed by atoms with Crippen LogP contribution in [0.1, 0.15) is 38.2 Å². The van der Waals surface area contributed by atoms with Gasteiger partial charge in [-0.05, 0) is 40.4 Å². The van der Waals surface area contributed by atoms with Gasteiger partial charge in [0.25, 0.3) is 5.91 Å². The highest BCUT2D eigenvalue weighted by atomic mass is 79.9. The predicted octanol–water partition coefficient (Wildman–Crippen LogP) is 3.35. The maximum atomic E-state index is 12.2. The Hall–Kier alpha value is -0.900. The molecular formula is C13H19BrN2O. The SMILES string of the molecule is CC(N(C)C(=O)c1cccc(Br)n1)C(C)(C)C. The average molecular weight is 299 g/mol. The molecule has 1 heterocycles. The van der Waals surface area contributed by atoms with E-state index in [1.807, 2.05) is 19.2 Å². The zero-order valence-corrected chi connectivity index (χ0v) is 12.6. The van der Waals surface area contributed by atoms with Gasteiger partial charge in [-0.3, -0.25) is 4.79 Å². The Morgan fingerprint density at radius 1 is 1.41 bits per heavy atom. The lowest BCUT2D eigenvalue weighted by atomic mass is 9.87. The third kappa shape index (κ3) is 3.53. The van der Waals surface area contributed by atoms with Gasteiger partial charge in [0.15, 0.2) is 0 Å². The van der Waals surface area contributed by atoms with Gasteiger partial charge < -0.3 is 4.90 Å². The maximum Gasteiger partial charge on any atom is 0.272 e. The van der Waals surface area contributed by atoms with Gasteiger partial charge in [-0.15, -0.1) is 0 Å². The van der Waals surface area contributed by atoms with Gasteiger partial charge in [0.05, 0.1) is 0 Å². The van der Waals surface area contributed by atoms with Crippen LogP contribution in [0.25, 0.3) is 0 Å². The fourth-order valence-corrected chi connectivity index (χ4v) is 1.81. The minimum Gasteiger partial charge on any atom is -0.337 e. The third-order valence-corrected chi connectivity index (χ3v) is 3.53. The molecule has 0 radical (unpaired) electrons. The van der Waals surface area contributed by atoms with Crippen LogP contribution in [0.3, 0.4) is 0 Å². The van der Waals surface area contributed by atoms with Crippen LogP contribution in [-0.4, -0.2) is 28.9 Å². The highest BCUT2D eigenvalue weighted by Gasteiger charge is 2.28. The van der Waals surface area contributed by atoms with E-state index in [-0.39, 0.29) is 17.4 Å². The number of hydrogen-bond acceptors (Lipinski definition) is 2. The van der Waals surface area contributed by atoms with E-state index in [1.165, 1.54) is 0 Å². The Kier molecular flexibility index (Phi) is 4.31. The molecule has 1 atom stereocenters. The summed E-state index contributed by atoms with van der Waals surface area (Å²) in [7, 11) is 1.82. The molecule has 0 bridgehead atoms. The fourth-order valence-electron chi connectivity index (χ4n) is 1.46. The molecule has 0 saturated heterocycles. The minimum absolute atomic E-state index is 0.0475. The van der Waals surface area contributed by atoms with Crippen molar-refractivity contribution in [3.8, 4) is 0 Å². The summed E-state index contributed by atoms with van der Waals surface area (Å²) >= 11 is 3.27. The Morgan fingerprint density at radius 2 is 2.00 bits per heavy atom. The summed E-state index contributed by atoms with van der Waals surface area (Å²) in [6, 6.07) is 5.51. The summed E-state index contributed by atoms with van der Waals surface area (Å²) in [6.07, 6.45) is 0. The summed E-state index contributed by atoms with van der Waals surface area (Å²) in [6.45, 7) is 8.41. The number of carbonyl (C=O) groups excluding carboxylic acids is 1. The molecule has 0 saturated carbocycles. The molecule has 0 aromatic carbocycles. The van der Waals surface area contributed by atoms with Gasteiger partial charge in [0.2, 0.25) is 0 Å². The number of nitrogens with zero attached hydrogens (tertiary/aromatic N) is 2. The average Bonchev–Trinajstić information content (AvgIpc) is 2.25. The van der Waals surface area contributed by atoms with E-state index in [4.69, 9.17) is 0 Å². The van der Waals surface area contributed by atoms with Crippen molar-refractivity contribution >= 4 is 21.8 Å². The van der Waals surface area contributed by atoms with Crippen molar-refractivity contribution in [3.05, 3.63) is 28.5 Å². The highest BCUT2D eigenvalue weighted by Crippen LogP contribution is 2.24. The van der Waals surface area contributed by atoms with Crippen LogP contribution in [0.4, 0.5) is 0 Å². The zero-order chi connectivity index (χ0) is 13.2. The van der Waals surface area contributed by atoms with Crippen LogP contribution in [0.15, 0.2) is 22.8 Å². The molecule has 0 spiro atoms. The molecule has 1 rings (SSSR count). The third-order valence-electron chi connectivity index (χ3n) is 3.09. The lowest BCUT2D eigenvalue weighted by Gasteiger charge is -2.35. The molecule has 1 unspecified atom stereocenters. The first-order valence-electron chi connectivity index (χ1n) is 5.63. The van der Waals surface area contributed by atoms with Crippen LogP contribution in [-0.2, 0) is 0 Å². The quantitative estimate of drug-likeness (QED) is 0.785. The lowest BCUT2D eigenvalue weighted by Crippen LogP contribution is -2.43. The van der Waals surface area contributed by atoms with E-state index in [2.05, 4.69) is 48.6 Å². The molecule has 0 aliphatic heterocycles. The summed E-state index contributed by atoms with van der Waals surface area (Å²) in [5.74, 6) is -0.0475. The first-order chi connectivity index (χ1) is 7.73. The number of aromatic nitrogens is 1. The van der Waals surface area contributed by atoms with E-state index < -0.39 is 0 Å². The molecule has 0 aliphatic carbocycles. The van der Waals surface area contributed by atoms with E-state index in [0.717, 1.165) is 0 Å². The van der Waals surface area contributed by atoms with E-state index in [1.54, 1.807) is 11.0 Å². The van der Waals surface area contributed by atoms with Gasteiger partial charge in [0, 0.05) is 13.1 Å². The van der Waals surface area contributed by atoms with Gasteiger partial charge in [-0.25, -0.2) is 4.98 Å². The molecule has 1 aromatic heterocycles. The van der Waals surface area contributed by atoms with Gasteiger partial charge in [0.1, 0.15) is 10.3 Å². The van der Waals surface area contributed by atoms with Crippen molar-refractivity contribution in [2.24, 2.45) is 5.41 Å². The smallest absolute Gasteiger partial charge is 0.272 e. The number of hydrogen-bond donors (Lipinski definition) is 0. The lowest BCUT2D eigenvalue weighted by molar-refractivity contribution is 0.0623. The van der Waals surface area contributed by atoms with Gasteiger partial charge in [-0.1, -0.05) is 26.8 Å². The molecule has 94 valence electrons. The van der Waals surface area contributed by atoms with Crippen molar-refractivity contribution in [2.75, 3.05) is 7.05 Å². The van der Waals surface area contributed by atoms with Crippen LogP contribution in [0.2, 0.25) is 0 Å². The highest BCUT2D eigenvalue weighted by molar-refractivity contribution is 9.10. The van der Waals surface area contributed by atoms with Crippen LogP contribution >= 0.6 is 15.9 Å². The molecule has 1 amide bonds. The molecule has 0 N–H and O–H groups in total. The van der Waals surface area contributed by atoms with Crippen LogP contribution < -0.4 is 0 Å². The first kappa shape index (κ1) is 14.2. The summed E-state index contributed by atoms with van der Waals surface area (Å²) in [4.78, 5) is 18.2. The molecule has 17 heavy (non-hydrogen) atoms.